The van der Waals surface area contributed by atoms with Crippen LogP contribution >= 0.6 is 15.9 Å². The molecule has 0 aliphatic heterocycles. The van der Waals surface area contributed by atoms with Crippen LogP contribution in [-0.4, -0.2) is 27.1 Å². The molecule has 1 aromatic heterocycles. The van der Waals surface area contributed by atoms with Crippen LogP contribution in [0.3, 0.4) is 0 Å². The Bertz CT molecular complexity index is 620. The summed E-state index contributed by atoms with van der Waals surface area (Å²) in [7, 11) is 0. The van der Waals surface area contributed by atoms with Crippen molar-refractivity contribution in [1.29, 1.82) is 0 Å². The molecule has 21 heavy (non-hydrogen) atoms. The van der Waals surface area contributed by atoms with Crippen LogP contribution in [0, 0.1) is 5.41 Å². The number of pyridine rings is 1. The van der Waals surface area contributed by atoms with Crippen molar-refractivity contribution < 1.29 is 14.7 Å². The first-order valence-corrected chi connectivity index (χ1v) is 7.17. The van der Waals surface area contributed by atoms with Crippen molar-refractivity contribution in [1.82, 2.24) is 9.88 Å². The minimum Gasteiger partial charge on any atom is -0.481 e. The third kappa shape index (κ3) is 3.93. The maximum atomic E-state index is 12.1. The summed E-state index contributed by atoms with van der Waals surface area (Å²) in [6, 6.07) is 2.94. The molecule has 1 amide bonds. The molecular weight excluding hydrogens is 340 g/mol. The summed E-state index contributed by atoms with van der Waals surface area (Å²) in [5, 5.41) is 11.9. The maximum absolute atomic E-state index is 12.1. The highest BCUT2D eigenvalue weighted by Crippen LogP contribution is 2.30. The van der Waals surface area contributed by atoms with Crippen molar-refractivity contribution in [3.8, 4) is 0 Å². The second kappa shape index (κ2) is 6.01. The number of rotatable bonds is 5. The molecule has 1 rings (SSSR count). The summed E-state index contributed by atoms with van der Waals surface area (Å²) >= 11 is 3.23. The van der Waals surface area contributed by atoms with Gasteiger partial charge >= 0.3 is 5.97 Å². The zero-order valence-corrected chi connectivity index (χ0v) is 14.0. The van der Waals surface area contributed by atoms with Gasteiger partial charge in [-0.1, -0.05) is 0 Å². The number of aromatic nitrogens is 1. The number of nitrogens with one attached hydrogen (secondary N) is 1. The van der Waals surface area contributed by atoms with Gasteiger partial charge in [-0.15, -0.1) is 0 Å². The Labute approximate surface area is 131 Å². The van der Waals surface area contributed by atoms with Crippen LogP contribution in [0.4, 0.5) is 0 Å². The Kier molecular flexibility index (Phi) is 4.99. The van der Waals surface area contributed by atoms with Crippen molar-refractivity contribution in [3.63, 3.8) is 0 Å². The Balaban J connectivity index is 2.89. The fraction of sp³-hybridized carbons (Fsp3) is 0.500. The molecule has 0 aromatic carbocycles. The number of nitrogens with zero attached hydrogens (tertiary/aromatic N) is 1. The average Bonchev–Trinajstić information content (AvgIpc) is 2.32. The molecule has 116 valence electrons. The monoisotopic (exact) mass is 358 g/mol. The zero-order valence-electron chi connectivity index (χ0n) is 12.4. The van der Waals surface area contributed by atoms with Crippen LogP contribution < -0.4 is 10.9 Å². The van der Waals surface area contributed by atoms with Crippen molar-refractivity contribution in [3.05, 3.63) is 33.2 Å². The van der Waals surface area contributed by atoms with E-state index in [1.165, 1.54) is 16.8 Å². The van der Waals surface area contributed by atoms with E-state index in [0.29, 0.717) is 4.47 Å². The molecule has 1 heterocycles. The Morgan fingerprint density at radius 3 is 2.38 bits per heavy atom. The summed E-state index contributed by atoms with van der Waals surface area (Å²) in [6.45, 7) is 6.20. The molecule has 0 aliphatic rings. The van der Waals surface area contributed by atoms with Gasteiger partial charge in [-0.25, -0.2) is 0 Å². The molecule has 7 heteroatoms. The zero-order chi connectivity index (χ0) is 16.4. The molecule has 0 saturated carbocycles. The number of carboxylic acids is 1. The molecule has 0 fully saturated rings. The van der Waals surface area contributed by atoms with Gasteiger partial charge in [0.1, 0.15) is 6.54 Å². The van der Waals surface area contributed by atoms with Crippen LogP contribution in [-0.2, 0) is 16.1 Å². The quantitative estimate of drug-likeness (QED) is 0.836. The molecule has 0 bridgehead atoms. The van der Waals surface area contributed by atoms with E-state index in [-0.39, 0.29) is 12.1 Å². The highest BCUT2D eigenvalue weighted by Gasteiger charge is 2.44. The van der Waals surface area contributed by atoms with E-state index in [1.807, 2.05) is 0 Å². The normalized spacial score (nSPS) is 12.0. The van der Waals surface area contributed by atoms with Crippen LogP contribution in [0.1, 0.15) is 27.7 Å². The van der Waals surface area contributed by atoms with Gasteiger partial charge < -0.3 is 15.0 Å². The van der Waals surface area contributed by atoms with Crippen LogP contribution in [0.2, 0.25) is 0 Å². The molecule has 0 radical (unpaired) electrons. The summed E-state index contributed by atoms with van der Waals surface area (Å²) < 4.78 is 1.93. The minimum absolute atomic E-state index is 0.169. The number of amides is 1. The van der Waals surface area contributed by atoms with E-state index in [0.717, 1.165) is 0 Å². The number of carbonyl (C=O) groups excluding carboxylic acids is 1. The van der Waals surface area contributed by atoms with Crippen molar-refractivity contribution in [2.24, 2.45) is 5.41 Å². The molecular formula is C14H19BrN2O4. The standard InChI is InChI=1S/C14H19BrN2O4/c1-13(2,12(20)21)14(3,4)16-10(18)8-17-7-9(15)5-6-11(17)19/h5-7H,8H2,1-4H3,(H,16,18)(H,20,21). The molecule has 6 nitrogen and oxygen atoms in total. The molecule has 0 aliphatic carbocycles. The first kappa shape index (κ1) is 17.4. The SMILES string of the molecule is CC(C)(NC(=O)Cn1cc(Br)ccc1=O)C(C)(C)C(=O)O. The van der Waals surface area contributed by atoms with E-state index in [4.69, 9.17) is 0 Å². The number of carbonyl (C=O) groups is 2. The molecule has 0 unspecified atom stereocenters. The van der Waals surface area contributed by atoms with Crippen LogP contribution in [0.25, 0.3) is 0 Å². The van der Waals surface area contributed by atoms with E-state index < -0.39 is 22.8 Å². The first-order chi connectivity index (χ1) is 9.47. The van der Waals surface area contributed by atoms with Gasteiger partial charge in [0.25, 0.3) is 5.56 Å². The predicted octanol–water partition coefficient (Wildman–Crippen LogP) is 1.62. The summed E-state index contributed by atoms with van der Waals surface area (Å²) in [5.74, 6) is -1.43. The largest absolute Gasteiger partial charge is 0.481 e. The molecule has 0 atom stereocenters. The Morgan fingerprint density at radius 1 is 1.29 bits per heavy atom. The second-order valence-electron chi connectivity index (χ2n) is 5.92. The van der Waals surface area contributed by atoms with Crippen molar-refractivity contribution in [2.45, 2.75) is 39.8 Å². The van der Waals surface area contributed by atoms with Crippen LogP contribution in [0.5, 0.6) is 0 Å². The molecule has 0 saturated heterocycles. The highest BCUT2D eigenvalue weighted by atomic mass is 79.9. The lowest BCUT2D eigenvalue weighted by Crippen LogP contribution is -2.57. The van der Waals surface area contributed by atoms with Gasteiger partial charge in [-0.2, -0.15) is 0 Å². The van der Waals surface area contributed by atoms with Gasteiger partial charge in [0.15, 0.2) is 0 Å². The van der Waals surface area contributed by atoms with E-state index in [1.54, 1.807) is 33.8 Å². The summed E-state index contributed by atoms with van der Waals surface area (Å²) in [4.78, 5) is 35.0. The number of halogens is 1. The molecule has 2 N–H and O–H groups in total. The lowest BCUT2D eigenvalue weighted by Gasteiger charge is -2.38. The van der Waals surface area contributed by atoms with Gasteiger partial charge in [0.2, 0.25) is 5.91 Å². The third-order valence-corrected chi connectivity index (χ3v) is 4.28. The predicted molar refractivity (Wildman–Crippen MR) is 82.0 cm³/mol. The number of carboxylic acid groups (broad SMARTS) is 1. The molecule has 1 aromatic rings. The van der Waals surface area contributed by atoms with Gasteiger partial charge in [0, 0.05) is 16.7 Å². The number of aliphatic carboxylic acids is 1. The van der Waals surface area contributed by atoms with Gasteiger partial charge in [0.05, 0.1) is 11.0 Å². The Hall–Kier alpha value is -1.63. The number of hydrogen-bond acceptors (Lipinski definition) is 3. The van der Waals surface area contributed by atoms with Crippen molar-refractivity contribution in [2.75, 3.05) is 0 Å². The fourth-order valence-electron chi connectivity index (χ4n) is 1.59. The van der Waals surface area contributed by atoms with Crippen LogP contribution in [0.15, 0.2) is 27.6 Å². The fourth-order valence-corrected chi connectivity index (χ4v) is 1.97. The topological polar surface area (TPSA) is 88.4 Å². The summed E-state index contributed by atoms with van der Waals surface area (Å²) in [6.07, 6.45) is 1.51. The van der Waals surface area contributed by atoms with Gasteiger partial charge in [-0.05, 0) is 49.7 Å². The minimum atomic E-state index is -1.15. The first-order valence-electron chi connectivity index (χ1n) is 6.38. The van der Waals surface area contributed by atoms with E-state index >= 15 is 0 Å². The van der Waals surface area contributed by atoms with E-state index in [9.17, 15) is 19.5 Å². The third-order valence-electron chi connectivity index (χ3n) is 3.81. The second-order valence-corrected chi connectivity index (χ2v) is 6.83. The average molecular weight is 359 g/mol. The lowest BCUT2D eigenvalue weighted by atomic mass is 9.74. The smallest absolute Gasteiger partial charge is 0.311 e. The molecule has 0 spiro atoms. The summed E-state index contributed by atoms with van der Waals surface area (Å²) in [5.41, 5.74) is -2.42. The van der Waals surface area contributed by atoms with Gasteiger partial charge in [-0.3, -0.25) is 14.4 Å². The van der Waals surface area contributed by atoms with Crippen molar-refractivity contribution >= 4 is 27.8 Å². The highest BCUT2D eigenvalue weighted by molar-refractivity contribution is 9.10. The maximum Gasteiger partial charge on any atom is 0.311 e. The van der Waals surface area contributed by atoms with E-state index in [2.05, 4.69) is 21.2 Å². The number of hydrogen-bond donors (Lipinski definition) is 2. The Morgan fingerprint density at radius 2 is 1.86 bits per heavy atom. The lowest BCUT2D eigenvalue weighted by molar-refractivity contribution is -0.151.